The van der Waals surface area contributed by atoms with Gasteiger partial charge >= 0.3 is 0 Å². The van der Waals surface area contributed by atoms with Crippen molar-refractivity contribution in [1.82, 2.24) is 25.7 Å². The van der Waals surface area contributed by atoms with E-state index in [1.807, 2.05) is 25.1 Å². The lowest BCUT2D eigenvalue weighted by atomic mass is 9.92. The van der Waals surface area contributed by atoms with Crippen molar-refractivity contribution in [3.05, 3.63) is 23.8 Å². The van der Waals surface area contributed by atoms with E-state index >= 15 is 0 Å². The van der Waals surface area contributed by atoms with Crippen LogP contribution in [0.4, 0.5) is 5.95 Å². The summed E-state index contributed by atoms with van der Waals surface area (Å²) in [5.41, 5.74) is 7.65. The fraction of sp³-hybridized carbons (Fsp3) is 0.500. The van der Waals surface area contributed by atoms with Gasteiger partial charge in [0.2, 0.25) is 12.3 Å². The first-order valence-corrected chi connectivity index (χ1v) is 9.13. The summed E-state index contributed by atoms with van der Waals surface area (Å²) in [6, 6.07) is 5.64. The SMILES string of the molecule is Cc1ccc2nc(NNC(=O)[C@@H](CC3CCCC3)CN(O)C=O)nnc2c1. The Balaban J connectivity index is 1.63. The van der Waals surface area contributed by atoms with Gasteiger partial charge in [-0.3, -0.25) is 25.6 Å². The van der Waals surface area contributed by atoms with Gasteiger partial charge in [0.1, 0.15) is 5.52 Å². The molecule has 2 amide bonds. The molecular weight excluding hydrogens is 348 g/mol. The smallest absolute Gasteiger partial charge is 0.262 e. The molecule has 1 saturated carbocycles. The Hall–Kier alpha value is -2.81. The largest absolute Gasteiger partial charge is 0.286 e. The van der Waals surface area contributed by atoms with Crippen LogP contribution in [0.2, 0.25) is 0 Å². The molecule has 27 heavy (non-hydrogen) atoms. The molecule has 0 radical (unpaired) electrons. The van der Waals surface area contributed by atoms with E-state index in [1.54, 1.807) is 0 Å². The second-order valence-electron chi connectivity index (χ2n) is 7.05. The molecular formula is C18H24N6O3. The monoisotopic (exact) mass is 372 g/mol. The molecule has 144 valence electrons. The lowest BCUT2D eigenvalue weighted by Gasteiger charge is -2.22. The van der Waals surface area contributed by atoms with E-state index in [9.17, 15) is 14.8 Å². The summed E-state index contributed by atoms with van der Waals surface area (Å²) in [6.45, 7) is 1.91. The Labute approximate surface area is 157 Å². The number of nitrogens with one attached hydrogen (secondary N) is 2. The van der Waals surface area contributed by atoms with Crippen LogP contribution >= 0.6 is 0 Å². The Morgan fingerprint density at radius 3 is 2.85 bits per heavy atom. The maximum atomic E-state index is 12.6. The molecule has 1 fully saturated rings. The number of hydrogen-bond acceptors (Lipinski definition) is 7. The quantitative estimate of drug-likeness (QED) is 0.367. The number of fused-ring (bicyclic) bond motifs is 1. The molecule has 0 bridgehead atoms. The minimum absolute atomic E-state index is 0.0520. The summed E-state index contributed by atoms with van der Waals surface area (Å²) < 4.78 is 0. The maximum absolute atomic E-state index is 12.6. The summed E-state index contributed by atoms with van der Waals surface area (Å²) in [5.74, 6) is -0.236. The van der Waals surface area contributed by atoms with Gasteiger partial charge in [0.05, 0.1) is 18.0 Å². The first-order valence-electron chi connectivity index (χ1n) is 9.13. The molecule has 0 unspecified atom stereocenters. The molecule has 0 spiro atoms. The number of carbonyl (C=O) groups excluding carboxylic acids is 2. The molecule has 2 aromatic rings. The standard InChI is InChI=1S/C18H24N6O3/c1-12-6-7-15-16(8-12)20-22-18(19-15)23-21-17(26)14(10-24(27)11-25)9-13-4-2-3-5-13/h6-8,11,13-14,27H,2-5,9-10H2,1H3,(H,21,26)(H,19,22,23)/t14-/m0/s1. The summed E-state index contributed by atoms with van der Waals surface area (Å²) in [4.78, 5) is 27.6. The van der Waals surface area contributed by atoms with Crippen LogP contribution in [0.3, 0.4) is 0 Å². The normalized spacial score (nSPS) is 15.5. The number of benzene rings is 1. The highest BCUT2D eigenvalue weighted by Crippen LogP contribution is 2.30. The lowest BCUT2D eigenvalue weighted by Crippen LogP contribution is -2.41. The number of aryl methyl sites for hydroxylation is 1. The summed E-state index contributed by atoms with van der Waals surface area (Å²) in [7, 11) is 0. The molecule has 1 heterocycles. The first kappa shape index (κ1) is 19.0. The number of nitrogens with zero attached hydrogens (tertiary/aromatic N) is 4. The second kappa shape index (κ2) is 8.72. The van der Waals surface area contributed by atoms with Crippen molar-refractivity contribution < 1.29 is 14.8 Å². The van der Waals surface area contributed by atoms with Gasteiger partial charge in [0, 0.05) is 0 Å². The number of aromatic nitrogens is 3. The van der Waals surface area contributed by atoms with Crippen LogP contribution in [0.1, 0.15) is 37.7 Å². The van der Waals surface area contributed by atoms with Crippen molar-refractivity contribution in [2.24, 2.45) is 11.8 Å². The third-order valence-corrected chi connectivity index (χ3v) is 4.90. The van der Waals surface area contributed by atoms with Gasteiger partial charge in [0.25, 0.3) is 5.95 Å². The second-order valence-corrected chi connectivity index (χ2v) is 7.05. The molecule has 0 saturated heterocycles. The zero-order valence-corrected chi connectivity index (χ0v) is 15.3. The van der Waals surface area contributed by atoms with E-state index in [1.165, 1.54) is 0 Å². The van der Waals surface area contributed by atoms with Crippen LogP contribution in [0.5, 0.6) is 0 Å². The molecule has 1 aromatic heterocycles. The number of rotatable bonds is 8. The van der Waals surface area contributed by atoms with Crippen LogP contribution in [-0.4, -0.2) is 44.3 Å². The van der Waals surface area contributed by atoms with Crippen LogP contribution in [-0.2, 0) is 9.59 Å². The van der Waals surface area contributed by atoms with Gasteiger partial charge in [-0.15, -0.1) is 10.2 Å². The fourth-order valence-corrected chi connectivity index (χ4v) is 3.50. The van der Waals surface area contributed by atoms with Crippen LogP contribution in [0, 0.1) is 18.8 Å². The number of hydrazine groups is 1. The van der Waals surface area contributed by atoms with Crippen molar-refractivity contribution in [1.29, 1.82) is 0 Å². The van der Waals surface area contributed by atoms with E-state index in [2.05, 4.69) is 26.0 Å². The predicted molar refractivity (Wildman–Crippen MR) is 98.5 cm³/mol. The molecule has 0 aliphatic heterocycles. The van der Waals surface area contributed by atoms with E-state index in [4.69, 9.17) is 0 Å². The minimum Gasteiger partial charge on any atom is -0.286 e. The Kier molecular flexibility index (Phi) is 6.12. The summed E-state index contributed by atoms with van der Waals surface area (Å²) in [6.07, 6.45) is 5.38. The first-order chi connectivity index (χ1) is 13.0. The number of anilines is 1. The van der Waals surface area contributed by atoms with Crippen molar-refractivity contribution in [3.63, 3.8) is 0 Å². The topological polar surface area (TPSA) is 120 Å². The van der Waals surface area contributed by atoms with E-state index in [-0.39, 0.29) is 18.4 Å². The predicted octanol–water partition coefficient (Wildman–Crippen LogP) is 1.82. The lowest BCUT2D eigenvalue weighted by molar-refractivity contribution is -0.154. The fourth-order valence-electron chi connectivity index (χ4n) is 3.50. The van der Waals surface area contributed by atoms with Gasteiger partial charge in [-0.2, -0.15) is 0 Å². The van der Waals surface area contributed by atoms with Gasteiger partial charge in [0.15, 0.2) is 0 Å². The van der Waals surface area contributed by atoms with Crippen LogP contribution in [0.15, 0.2) is 18.2 Å². The molecule has 1 aliphatic rings. The average molecular weight is 372 g/mol. The van der Waals surface area contributed by atoms with Gasteiger partial charge < -0.3 is 0 Å². The number of amides is 2. The Bertz CT molecular complexity index is 809. The highest BCUT2D eigenvalue weighted by molar-refractivity contribution is 5.80. The highest BCUT2D eigenvalue weighted by Gasteiger charge is 2.27. The molecule has 9 heteroatoms. The number of hydrogen-bond donors (Lipinski definition) is 3. The van der Waals surface area contributed by atoms with Gasteiger partial charge in [-0.05, 0) is 37.0 Å². The third-order valence-electron chi connectivity index (χ3n) is 4.90. The molecule has 9 nitrogen and oxygen atoms in total. The Morgan fingerprint density at radius 2 is 2.11 bits per heavy atom. The van der Waals surface area contributed by atoms with E-state index < -0.39 is 5.92 Å². The number of carbonyl (C=O) groups is 2. The molecule has 1 aliphatic carbocycles. The third kappa shape index (κ3) is 5.10. The zero-order chi connectivity index (χ0) is 19.2. The van der Waals surface area contributed by atoms with Crippen molar-refractivity contribution >= 4 is 29.3 Å². The number of hydroxylamine groups is 2. The van der Waals surface area contributed by atoms with Crippen LogP contribution in [0.25, 0.3) is 11.0 Å². The van der Waals surface area contributed by atoms with Crippen molar-refractivity contribution in [2.45, 2.75) is 39.0 Å². The highest BCUT2D eigenvalue weighted by atomic mass is 16.5. The summed E-state index contributed by atoms with van der Waals surface area (Å²) >= 11 is 0. The molecule has 1 aromatic carbocycles. The van der Waals surface area contributed by atoms with E-state index in [0.717, 1.165) is 31.2 Å². The summed E-state index contributed by atoms with van der Waals surface area (Å²) in [5, 5.41) is 18.1. The van der Waals surface area contributed by atoms with Crippen molar-refractivity contribution in [3.8, 4) is 0 Å². The average Bonchev–Trinajstić information content (AvgIpc) is 3.18. The molecule has 3 N–H and O–H groups in total. The van der Waals surface area contributed by atoms with Gasteiger partial charge in [-0.25, -0.2) is 10.0 Å². The van der Waals surface area contributed by atoms with Gasteiger partial charge in [-0.1, -0.05) is 31.7 Å². The van der Waals surface area contributed by atoms with Crippen molar-refractivity contribution in [2.75, 3.05) is 12.0 Å². The Morgan fingerprint density at radius 1 is 1.33 bits per heavy atom. The van der Waals surface area contributed by atoms with E-state index in [0.29, 0.717) is 34.8 Å². The van der Waals surface area contributed by atoms with Crippen LogP contribution < -0.4 is 10.9 Å². The maximum Gasteiger partial charge on any atom is 0.262 e. The minimum atomic E-state index is -0.521. The zero-order valence-electron chi connectivity index (χ0n) is 15.3. The molecule has 3 rings (SSSR count). The molecule has 1 atom stereocenters.